The Labute approximate surface area is 124 Å². The Morgan fingerprint density at radius 2 is 1.65 bits per heavy atom. The maximum absolute atomic E-state index is 10.4. The van der Waals surface area contributed by atoms with Gasteiger partial charge in [-0.2, -0.15) is 0 Å². The van der Waals surface area contributed by atoms with Crippen LogP contribution in [0.2, 0.25) is 0 Å². The highest BCUT2D eigenvalue weighted by atomic mass is 16.3. The van der Waals surface area contributed by atoms with Crippen LogP contribution in [0.15, 0.2) is 0 Å². The zero-order valence-corrected chi connectivity index (χ0v) is 13.4. The Hall–Kier alpha value is -0.0400. The highest BCUT2D eigenvalue weighted by molar-refractivity contribution is 5.06. The van der Waals surface area contributed by atoms with Crippen LogP contribution < -0.4 is 0 Å². The lowest BCUT2D eigenvalue weighted by Gasteiger charge is -2.55. The van der Waals surface area contributed by atoms with Crippen LogP contribution in [0.25, 0.3) is 0 Å². The molecule has 4 rings (SSSR count). The van der Waals surface area contributed by atoms with E-state index >= 15 is 0 Å². The Kier molecular flexibility index (Phi) is 3.22. The fourth-order valence-electron chi connectivity index (χ4n) is 7.06. The van der Waals surface area contributed by atoms with Gasteiger partial charge in [0, 0.05) is 0 Å². The van der Waals surface area contributed by atoms with Crippen LogP contribution in [0.4, 0.5) is 0 Å². The monoisotopic (exact) mass is 276 g/mol. The van der Waals surface area contributed by atoms with Crippen molar-refractivity contribution in [3.05, 3.63) is 0 Å². The smallest absolute Gasteiger partial charge is 0.0596 e. The summed E-state index contributed by atoms with van der Waals surface area (Å²) in [4.78, 5) is 0. The summed E-state index contributed by atoms with van der Waals surface area (Å²) in [5, 5.41) is 10.4. The van der Waals surface area contributed by atoms with Crippen molar-refractivity contribution in [3.63, 3.8) is 0 Å². The predicted octanol–water partition coefficient (Wildman–Crippen LogP) is 4.64. The molecule has 1 N–H and O–H groups in total. The van der Waals surface area contributed by atoms with Crippen molar-refractivity contribution in [2.75, 3.05) is 0 Å². The third kappa shape index (κ3) is 1.84. The van der Waals surface area contributed by atoms with Crippen LogP contribution in [0.1, 0.15) is 71.6 Å². The van der Waals surface area contributed by atoms with Gasteiger partial charge in [0.1, 0.15) is 0 Å². The lowest BCUT2D eigenvalue weighted by Crippen LogP contribution is -2.49. The number of hydrogen-bond acceptors (Lipinski definition) is 1. The summed E-state index contributed by atoms with van der Waals surface area (Å²) < 4.78 is 0. The second-order valence-electron chi connectivity index (χ2n) is 8.99. The normalized spacial score (nSPS) is 58.6. The van der Waals surface area contributed by atoms with Gasteiger partial charge in [0.25, 0.3) is 0 Å². The molecule has 0 aromatic heterocycles. The van der Waals surface area contributed by atoms with Gasteiger partial charge in [0.2, 0.25) is 0 Å². The lowest BCUT2D eigenvalue weighted by atomic mass is 9.50. The highest BCUT2D eigenvalue weighted by Crippen LogP contribution is 2.62. The van der Waals surface area contributed by atoms with Crippen LogP contribution in [0.5, 0.6) is 0 Å². The maximum Gasteiger partial charge on any atom is 0.0596 e. The first-order valence-electron chi connectivity index (χ1n) is 9.27. The number of aliphatic hydroxyl groups excluding tert-OH is 1. The minimum atomic E-state index is -0.00227. The molecule has 0 spiro atoms. The van der Waals surface area contributed by atoms with Gasteiger partial charge in [-0.15, -0.1) is 0 Å². The number of hydrogen-bond donors (Lipinski definition) is 1. The average Bonchev–Trinajstić information content (AvgIpc) is 2.74. The van der Waals surface area contributed by atoms with Crippen molar-refractivity contribution in [3.8, 4) is 0 Å². The molecule has 4 fully saturated rings. The molecule has 20 heavy (non-hydrogen) atoms. The van der Waals surface area contributed by atoms with E-state index < -0.39 is 0 Å². The Balaban J connectivity index is 1.57. The summed E-state index contributed by atoms with van der Waals surface area (Å²) in [6, 6.07) is 0. The van der Waals surface area contributed by atoms with Gasteiger partial charge in [0.05, 0.1) is 6.10 Å². The standard InChI is InChI=1S/C19H32O/c1-12-3-5-14-13(11-12)4-6-16-15(14)9-10-19(2)17(16)7-8-18(19)20/h12-18,20H,3-11H2,1-2H3/t12?,13-,14-,15+,16+,17-,18-,19-/m0/s1. The van der Waals surface area contributed by atoms with E-state index in [-0.39, 0.29) is 11.5 Å². The molecule has 0 heterocycles. The molecule has 0 saturated heterocycles. The second kappa shape index (κ2) is 4.73. The molecular formula is C19H32O. The van der Waals surface area contributed by atoms with Crippen molar-refractivity contribution in [2.45, 2.75) is 77.7 Å². The highest BCUT2D eigenvalue weighted by Gasteiger charge is 2.56. The summed E-state index contributed by atoms with van der Waals surface area (Å²) in [5.74, 6) is 5.90. The molecule has 8 atom stereocenters. The van der Waals surface area contributed by atoms with Gasteiger partial charge in [-0.1, -0.05) is 20.3 Å². The minimum Gasteiger partial charge on any atom is -0.393 e. The van der Waals surface area contributed by atoms with Gasteiger partial charge in [-0.25, -0.2) is 0 Å². The summed E-state index contributed by atoms with van der Waals surface area (Å²) in [5.41, 5.74) is 0.274. The van der Waals surface area contributed by atoms with Gasteiger partial charge >= 0.3 is 0 Å². The minimum absolute atomic E-state index is 0.00227. The van der Waals surface area contributed by atoms with Crippen molar-refractivity contribution >= 4 is 0 Å². The van der Waals surface area contributed by atoms with E-state index in [4.69, 9.17) is 0 Å². The van der Waals surface area contributed by atoms with E-state index in [0.717, 1.165) is 41.9 Å². The van der Waals surface area contributed by atoms with Crippen LogP contribution in [0.3, 0.4) is 0 Å². The SMILES string of the molecule is CC1CC[C@H]2[C@@H](CC[C@@H]3[C@@H]2CC[C@]2(C)[C@@H](O)CC[C@@H]32)C1. The average molecular weight is 276 g/mol. The number of rotatable bonds is 0. The van der Waals surface area contributed by atoms with Gasteiger partial charge < -0.3 is 5.11 Å². The maximum atomic E-state index is 10.4. The Morgan fingerprint density at radius 3 is 2.50 bits per heavy atom. The molecular weight excluding hydrogens is 244 g/mol. The molecule has 0 aliphatic heterocycles. The lowest BCUT2D eigenvalue weighted by molar-refractivity contribution is -0.0845. The van der Waals surface area contributed by atoms with E-state index in [1.165, 1.54) is 51.4 Å². The summed E-state index contributed by atoms with van der Waals surface area (Å²) >= 11 is 0. The molecule has 0 aromatic rings. The fourth-order valence-corrected chi connectivity index (χ4v) is 7.06. The zero-order valence-electron chi connectivity index (χ0n) is 13.4. The van der Waals surface area contributed by atoms with Crippen molar-refractivity contribution in [1.29, 1.82) is 0 Å². The molecule has 4 saturated carbocycles. The van der Waals surface area contributed by atoms with E-state index in [1.807, 2.05) is 0 Å². The molecule has 0 amide bonds. The second-order valence-corrected chi connectivity index (χ2v) is 8.99. The van der Waals surface area contributed by atoms with Crippen LogP contribution in [-0.4, -0.2) is 11.2 Å². The molecule has 0 aromatic carbocycles. The molecule has 0 radical (unpaired) electrons. The molecule has 1 unspecified atom stereocenters. The first kappa shape index (κ1) is 13.6. The van der Waals surface area contributed by atoms with E-state index in [9.17, 15) is 5.11 Å². The molecule has 114 valence electrons. The van der Waals surface area contributed by atoms with E-state index in [0.29, 0.717) is 0 Å². The summed E-state index contributed by atoms with van der Waals surface area (Å²) in [6.07, 6.45) is 12.6. The third-order valence-electron chi connectivity index (χ3n) is 8.17. The Bertz CT molecular complexity index is 378. The Morgan fingerprint density at radius 1 is 0.850 bits per heavy atom. The van der Waals surface area contributed by atoms with Crippen molar-refractivity contribution in [1.82, 2.24) is 0 Å². The van der Waals surface area contributed by atoms with Crippen LogP contribution in [0, 0.1) is 40.9 Å². The molecule has 4 aliphatic carbocycles. The first-order chi connectivity index (χ1) is 9.59. The summed E-state index contributed by atoms with van der Waals surface area (Å²) in [6.45, 7) is 4.87. The molecule has 1 nitrogen and oxygen atoms in total. The topological polar surface area (TPSA) is 20.2 Å². The van der Waals surface area contributed by atoms with E-state index in [1.54, 1.807) is 0 Å². The quantitative estimate of drug-likeness (QED) is 0.683. The molecule has 4 aliphatic rings. The first-order valence-corrected chi connectivity index (χ1v) is 9.27. The largest absolute Gasteiger partial charge is 0.393 e. The van der Waals surface area contributed by atoms with Gasteiger partial charge in [-0.05, 0) is 92.3 Å². The van der Waals surface area contributed by atoms with Crippen LogP contribution >= 0.6 is 0 Å². The molecule has 0 bridgehead atoms. The third-order valence-corrected chi connectivity index (χ3v) is 8.17. The van der Waals surface area contributed by atoms with E-state index in [2.05, 4.69) is 13.8 Å². The van der Waals surface area contributed by atoms with Crippen molar-refractivity contribution < 1.29 is 5.11 Å². The number of fused-ring (bicyclic) bond motifs is 5. The van der Waals surface area contributed by atoms with Crippen LogP contribution in [-0.2, 0) is 0 Å². The van der Waals surface area contributed by atoms with Crippen molar-refractivity contribution in [2.24, 2.45) is 40.9 Å². The predicted molar refractivity (Wildman–Crippen MR) is 82.3 cm³/mol. The van der Waals surface area contributed by atoms with Gasteiger partial charge in [0.15, 0.2) is 0 Å². The van der Waals surface area contributed by atoms with Gasteiger partial charge in [-0.3, -0.25) is 0 Å². The number of aliphatic hydroxyl groups is 1. The zero-order chi connectivity index (χ0) is 13.9. The molecule has 1 heteroatoms. The fraction of sp³-hybridized carbons (Fsp3) is 1.00. The summed E-state index contributed by atoms with van der Waals surface area (Å²) in [7, 11) is 0.